The molecule has 0 amide bonds. The maximum absolute atomic E-state index is 5.76. The number of fused-ring (bicyclic) bond motifs is 26. The van der Waals surface area contributed by atoms with Gasteiger partial charge in [0.1, 0.15) is 0 Å². The molecule has 8 aromatic carbocycles. The van der Waals surface area contributed by atoms with Gasteiger partial charge in [0.25, 0.3) is 0 Å². The van der Waals surface area contributed by atoms with Gasteiger partial charge >= 0.3 is 19.5 Å². The van der Waals surface area contributed by atoms with Crippen LogP contribution < -0.4 is 9.97 Å². The van der Waals surface area contributed by atoms with E-state index in [0.717, 1.165) is 167 Å². The first-order valence-electron chi connectivity index (χ1n) is 39.9. The summed E-state index contributed by atoms with van der Waals surface area (Å²) in [5.74, 6) is 15.2. The van der Waals surface area contributed by atoms with Crippen molar-refractivity contribution in [3.05, 3.63) is 382 Å². The Morgan fingerprint density at radius 1 is 0.215 bits per heavy atom. The van der Waals surface area contributed by atoms with Crippen molar-refractivity contribution in [1.82, 2.24) is 59.8 Å². The van der Waals surface area contributed by atoms with Crippen molar-refractivity contribution in [2.24, 2.45) is 0 Å². The van der Waals surface area contributed by atoms with E-state index in [1.165, 1.54) is 0 Å². The topological polar surface area (TPSA) is 169 Å². The number of H-pyrrole nitrogens is 4. The standard InChI is InChI=1S/C108H64N12.Zn/c1-5-21-67(22-6-1)103-91-43-35-71(109-91)63-72-36-44-92(110-72)104(68-23-7-2-8-24-68)96-56-48-84(114-96)79(83-47-55-95(103)113-83)39-41-81-87-51-59-99(117-87)107(77-33-17-29-65-19-13-15-31-75(65)77)101-61-53-89(119-101)82(90-54-62-102(120-90)108(100-60-52-88(81)118-100)78-34-18-30-66-20-14-16-32-76(66)78)42-40-80-85-49-57-97(115-85)105(69-25-9-3-10-26-69)93-45-37-73(111-93)64-74-38-46-94(112-74)106(70-27-11-4-12-28-70)98-58-50-86(80)116-98;/h1-38,43-64,109,111,114,116H;/q-2;+2. The molecule has 9 aromatic heterocycles. The first kappa shape index (κ1) is 71.4. The van der Waals surface area contributed by atoms with Gasteiger partial charge in [-0.3, -0.25) is 0 Å². The fraction of sp³-hybridized carbons (Fsp3) is 0. The third kappa shape index (κ3) is 13.0. The molecule has 23 rings (SSSR count). The zero-order valence-corrected chi connectivity index (χ0v) is 67.9. The summed E-state index contributed by atoms with van der Waals surface area (Å²) in [5.41, 5.74) is 32.2. The predicted molar refractivity (Wildman–Crippen MR) is 494 cm³/mol. The smallest absolute Gasteiger partial charge is 0.656 e. The number of aromatic nitrogens is 12. The first-order chi connectivity index (χ1) is 59.4. The van der Waals surface area contributed by atoms with Crippen molar-refractivity contribution in [2.75, 3.05) is 0 Å². The van der Waals surface area contributed by atoms with E-state index in [1.54, 1.807) is 0 Å². The molecule has 13 heteroatoms. The molecule has 0 radical (unpaired) electrons. The molecule has 0 atom stereocenters. The summed E-state index contributed by atoms with van der Waals surface area (Å²) < 4.78 is 0. The van der Waals surface area contributed by atoms with Gasteiger partial charge in [-0.05, 0) is 200 Å². The van der Waals surface area contributed by atoms with Gasteiger partial charge in [0.15, 0.2) is 0 Å². The van der Waals surface area contributed by atoms with E-state index >= 15 is 0 Å². The maximum Gasteiger partial charge on any atom is 2.00 e. The van der Waals surface area contributed by atoms with E-state index < -0.39 is 0 Å². The summed E-state index contributed by atoms with van der Waals surface area (Å²) >= 11 is 0. The summed E-state index contributed by atoms with van der Waals surface area (Å²) in [6.45, 7) is 0. The van der Waals surface area contributed by atoms with Gasteiger partial charge in [-0.2, -0.15) is 0 Å². The molecule has 4 N–H and O–H groups in total. The van der Waals surface area contributed by atoms with Crippen LogP contribution >= 0.6 is 0 Å². The second-order valence-corrected chi connectivity index (χ2v) is 30.1. The molecule has 0 saturated carbocycles. The minimum Gasteiger partial charge on any atom is -0.656 e. The van der Waals surface area contributed by atoms with Crippen molar-refractivity contribution in [1.29, 1.82) is 0 Å². The largest absolute Gasteiger partial charge is 2.00 e. The van der Waals surface area contributed by atoms with Crippen LogP contribution in [0.2, 0.25) is 0 Å². The number of aromatic amines is 4. The van der Waals surface area contributed by atoms with E-state index in [0.29, 0.717) is 78.5 Å². The second kappa shape index (κ2) is 29.8. The number of nitrogens with zero attached hydrogens (tertiary/aromatic N) is 8. The summed E-state index contributed by atoms with van der Waals surface area (Å²) in [5, 5.41) is 4.21. The van der Waals surface area contributed by atoms with Gasteiger partial charge in [0.05, 0.1) is 90.5 Å². The number of rotatable bonds is 6. The number of nitrogens with one attached hydrogen (secondary N) is 4. The minimum absolute atomic E-state index is 0. The second-order valence-electron chi connectivity index (χ2n) is 30.1. The quantitative estimate of drug-likeness (QED) is 0.0942. The molecule has 0 unspecified atom stereocenters. The molecule has 558 valence electrons. The van der Waals surface area contributed by atoms with E-state index in [1.807, 2.05) is 24.3 Å². The summed E-state index contributed by atoms with van der Waals surface area (Å²) in [6, 6.07) is 101. The van der Waals surface area contributed by atoms with Crippen LogP contribution in [-0.2, 0) is 19.5 Å². The fourth-order valence-corrected chi connectivity index (χ4v) is 17.2. The van der Waals surface area contributed by atoms with Gasteiger partial charge in [-0.15, -0.1) is 22.1 Å². The van der Waals surface area contributed by atoms with Crippen LogP contribution in [0.5, 0.6) is 0 Å². The fourth-order valence-electron chi connectivity index (χ4n) is 17.2. The van der Waals surface area contributed by atoms with Gasteiger partial charge in [0.2, 0.25) is 0 Å². The first-order valence-corrected chi connectivity index (χ1v) is 39.9. The molecule has 0 aliphatic carbocycles. The molecule has 15 heterocycles. The molecular formula is C108H64N12Zn. The van der Waals surface area contributed by atoms with E-state index in [4.69, 9.17) is 39.9 Å². The molecule has 12 nitrogen and oxygen atoms in total. The SMILES string of the molecule is C(#Cc1c2nc(c(-c3ccccc3)c3ccc(cc4nc(c(-c5ccccc5)c5ccc1[nH]5)C=C4)[nH]3)C=C2)c1c2nc(c(-c3cccc4ccccc34)c3ccc([n-]3)c(C#Cc3c4nc(c(-c5ccccc5)c5ccc(cc6nc(c(-c7ccccc7)c7ccc3[nH]7)C=C6)[nH]5)C=C4)c3nc(c(-c4cccc5ccccc45)c4ccc1[n-]4)C=C3)C=C2.[Zn+2]. The Morgan fingerprint density at radius 2 is 0.504 bits per heavy atom. The average molecular weight is 1600 g/mol. The average Bonchev–Trinajstić information content (AvgIpc) is 1.57. The van der Waals surface area contributed by atoms with Crippen molar-refractivity contribution in [3.63, 3.8) is 0 Å². The summed E-state index contributed by atoms with van der Waals surface area (Å²) in [4.78, 5) is 60.0. The number of benzene rings is 8. The predicted octanol–water partition coefficient (Wildman–Crippen LogP) is 25.0. The summed E-state index contributed by atoms with van der Waals surface area (Å²) in [7, 11) is 0. The van der Waals surface area contributed by atoms with Crippen molar-refractivity contribution >= 4 is 161 Å². The summed E-state index contributed by atoms with van der Waals surface area (Å²) in [6.07, 6.45) is 24.9. The molecule has 121 heavy (non-hydrogen) atoms. The van der Waals surface area contributed by atoms with E-state index in [9.17, 15) is 0 Å². The molecule has 24 bridgehead atoms. The third-order valence-electron chi connectivity index (χ3n) is 22.8. The Hall–Kier alpha value is -16.2. The molecular weight excluding hydrogens is 1530 g/mol. The molecule has 0 fully saturated rings. The van der Waals surface area contributed by atoms with Crippen molar-refractivity contribution in [3.8, 4) is 90.4 Å². The van der Waals surface area contributed by atoms with Crippen LogP contribution in [0, 0.1) is 23.7 Å². The van der Waals surface area contributed by atoms with Crippen LogP contribution in [0.15, 0.2) is 291 Å². The monoisotopic (exact) mass is 1590 g/mol. The van der Waals surface area contributed by atoms with Gasteiger partial charge in [0, 0.05) is 66.5 Å². The molecule has 6 aliphatic heterocycles. The number of hydrogen-bond donors (Lipinski definition) is 4. The zero-order chi connectivity index (χ0) is 79.1. The Morgan fingerprint density at radius 3 is 0.901 bits per heavy atom. The normalized spacial score (nSPS) is 12.2. The maximum atomic E-state index is 5.76. The molecule has 6 aliphatic rings. The van der Waals surface area contributed by atoms with Crippen molar-refractivity contribution < 1.29 is 19.5 Å². The van der Waals surface area contributed by atoms with Crippen molar-refractivity contribution in [2.45, 2.75) is 0 Å². The van der Waals surface area contributed by atoms with E-state index in [-0.39, 0.29) is 19.5 Å². The zero-order valence-electron chi connectivity index (χ0n) is 64.9. The van der Waals surface area contributed by atoms with Gasteiger partial charge < -0.3 is 29.9 Å². The van der Waals surface area contributed by atoms with Crippen LogP contribution in [0.4, 0.5) is 0 Å². The van der Waals surface area contributed by atoms with E-state index in [2.05, 4.69) is 383 Å². The third-order valence-corrected chi connectivity index (χ3v) is 22.8. The van der Waals surface area contributed by atoms with Crippen LogP contribution in [-0.4, -0.2) is 49.8 Å². The molecule has 17 aromatic rings. The Labute approximate surface area is 707 Å². The molecule has 0 spiro atoms. The van der Waals surface area contributed by atoms with Gasteiger partial charge in [-0.25, -0.2) is 29.9 Å². The van der Waals surface area contributed by atoms with Crippen LogP contribution in [0.25, 0.3) is 227 Å². The van der Waals surface area contributed by atoms with Crippen LogP contribution in [0.3, 0.4) is 0 Å². The Balaban J connectivity index is 0.00000877. The molecule has 0 saturated heterocycles. The number of hydrogen-bond acceptors (Lipinski definition) is 6. The minimum atomic E-state index is 0. The van der Waals surface area contributed by atoms with Gasteiger partial charge in [-0.1, -0.05) is 254 Å². The van der Waals surface area contributed by atoms with Crippen LogP contribution in [0.1, 0.15) is 90.6 Å². The Kier molecular flexibility index (Phi) is 17.6. The Bertz CT molecular complexity index is 7590.